The highest BCUT2D eigenvalue weighted by Gasteiger charge is 2.14. The highest BCUT2D eigenvalue weighted by molar-refractivity contribution is 7.99. The molecule has 0 spiro atoms. The summed E-state index contributed by atoms with van der Waals surface area (Å²) < 4.78 is 0. The second-order valence-corrected chi connectivity index (χ2v) is 23.1. The number of benzene rings is 2. The molecule has 2 aromatic carbocycles. The van der Waals surface area contributed by atoms with Crippen molar-refractivity contribution in [2.24, 2.45) is 11.8 Å². The first-order valence-corrected chi connectivity index (χ1v) is 31.6. The normalized spacial score (nSPS) is 12.5. The Morgan fingerprint density at radius 1 is 0.303 bits per heavy atom. The Hall–Kier alpha value is -1.19. The fourth-order valence-electron chi connectivity index (χ4n) is 9.95. The summed E-state index contributed by atoms with van der Waals surface area (Å²) in [7, 11) is 0. The molecule has 0 amide bonds. The number of hydrogen-bond acceptors (Lipinski definition) is 3. The van der Waals surface area contributed by atoms with Gasteiger partial charge in [0.15, 0.2) is 5.78 Å². The lowest BCUT2D eigenvalue weighted by Crippen LogP contribution is -2.05. The van der Waals surface area contributed by atoms with Gasteiger partial charge in [-0.3, -0.25) is 4.79 Å². The minimum atomic E-state index is 0.150. The van der Waals surface area contributed by atoms with Gasteiger partial charge in [-0.25, -0.2) is 0 Å². The first-order chi connectivity index (χ1) is 32.6. The summed E-state index contributed by atoms with van der Waals surface area (Å²) in [5.74, 6) is 4.17. The molecule has 2 atom stereocenters. The first kappa shape index (κ1) is 60.9. The van der Waals surface area contributed by atoms with Gasteiger partial charge in [-0.05, 0) is 86.1 Å². The average Bonchev–Trinajstić information content (AvgIpc) is 3.34. The van der Waals surface area contributed by atoms with Crippen LogP contribution in [0, 0.1) is 11.8 Å². The molecule has 66 heavy (non-hydrogen) atoms. The molecule has 2 unspecified atom stereocenters. The van der Waals surface area contributed by atoms with Crippen molar-refractivity contribution < 1.29 is 4.79 Å². The SMILES string of the molecule is CCCCCCCCCCCCC(CCCCCCCCCCC)CSc1ccc(C(=O)c2ccc(SCC(CCCCCCCCCCC)CCCCCCCCCCCC)cc2)cc1. The van der Waals surface area contributed by atoms with Crippen LogP contribution in [0.3, 0.4) is 0 Å². The molecule has 2 rings (SSSR count). The van der Waals surface area contributed by atoms with E-state index in [9.17, 15) is 4.79 Å². The van der Waals surface area contributed by atoms with Gasteiger partial charge >= 0.3 is 0 Å². The molecule has 0 aliphatic heterocycles. The maximum Gasteiger partial charge on any atom is 0.193 e. The Morgan fingerprint density at radius 3 is 0.712 bits per heavy atom. The van der Waals surface area contributed by atoms with Crippen LogP contribution in [0.4, 0.5) is 0 Å². The van der Waals surface area contributed by atoms with Crippen molar-refractivity contribution in [2.45, 2.75) is 307 Å². The zero-order valence-electron chi connectivity index (χ0n) is 44.6. The van der Waals surface area contributed by atoms with Crippen molar-refractivity contribution >= 4 is 29.3 Å². The van der Waals surface area contributed by atoms with Crippen LogP contribution in [0.1, 0.15) is 313 Å². The lowest BCUT2D eigenvalue weighted by atomic mass is 9.95. The quantitative estimate of drug-likeness (QED) is 0.0374. The highest BCUT2D eigenvalue weighted by Crippen LogP contribution is 2.30. The van der Waals surface area contributed by atoms with Crippen LogP contribution < -0.4 is 0 Å². The second-order valence-electron chi connectivity index (χ2n) is 20.9. The number of thioether (sulfide) groups is 2. The van der Waals surface area contributed by atoms with Crippen molar-refractivity contribution in [3.8, 4) is 0 Å². The van der Waals surface area contributed by atoms with Gasteiger partial charge in [-0.15, -0.1) is 23.5 Å². The van der Waals surface area contributed by atoms with Gasteiger partial charge in [-0.2, -0.15) is 0 Å². The summed E-state index contributed by atoms with van der Waals surface area (Å²) in [5.41, 5.74) is 1.63. The van der Waals surface area contributed by atoms with E-state index in [1.165, 1.54) is 291 Å². The maximum absolute atomic E-state index is 13.6. The van der Waals surface area contributed by atoms with E-state index in [0.29, 0.717) is 0 Å². The van der Waals surface area contributed by atoms with E-state index in [1.807, 2.05) is 23.5 Å². The molecule has 0 radical (unpaired) electrons. The number of ketones is 1. The Bertz CT molecular complexity index is 1200. The molecule has 0 saturated heterocycles. The third-order valence-corrected chi connectivity index (χ3v) is 17.1. The molecule has 0 aliphatic rings. The van der Waals surface area contributed by atoms with E-state index in [1.54, 1.807) is 0 Å². The molecule has 3 heteroatoms. The van der Waals surface area contributed by atoms with E-state index in [4.69, 9.17) is 0 Å². The van der Waals surface area contributed by atoms with Crippen LogP contribution in [0.2, 0.25) is 0 Å². The molecule has 0 aromatic heterocycles. The first-order valence-electron chi connectivity index (χ1n) is 29.6. The van der Waals surface area contributed by atoms with Gasteiger partial charge in [0.1, 0.15) is 0 Å². The molecule has 0 aliphatic carbocycles. The third kappa shape index (κ3) is 35.0. The molecular weight excluding hydrogens is 837 g/mol. The Labute approximate surface area is 422 Å². The topological polar surface area (TPSA) is 17.1 Å². The predicted molar refractivity (Wildman–Crippen MR) is 301 cm³/mol. The summed E-state index contributed by atoms with van der Waals surface area (Å²) in [5, 5.41) is 0. The molecular formula is C63H110OS2. The smallest absolute Gasteiger partial charge is 0.193 e. The van der Waals surface area contributed by atoms with Crippen LogP contribution in [0.15, 0.2) is 58.3 Å². The molecule has 380 valence electrons. The van der Waals surface area contributed by atoms with E-state index in [2.05, 4.69) is 76.2 Å². The second kappa shape index (κ2) is 46.2. The Kier molecular flexibility index (Phi) is 42.7. The van der Waals surface area contributed by atoms with E-state index >= 15 is 0 Å². The van der Waals surface area contributed by atoms with E-state index < -0.39 is 0 Å². The molecule has 1 nitrogen and oxygen atoms in total. The molecule has 0 fully saturated rings. The van der Waals surface area contributed by atoms with Crippen molar-refractivity contribution in [1.29, 1.82) is 0 Å². The fraction of sp³-hybridized carbons (Fsp3) is 0.794. The third-order valence-electron chi connectivity index (χ3n) is 14.6. The lowest BCUT2D eigenvalue weighted by Gasteiger charge is -2.17. The molecule has 0 N–H and O–H groups in total. The van der Waals surface area contributed by atoms with Crippen molar-refractivity contribution in [2.75, 3.05) is 11.5 Å². The minimum absolute atomic E-state index is 0.150. The van der Waals surface area contributed by atoms with Crippen LogP contribution in [0.5, 0.6) is 0 Å². The van der Waals surface area contributed by atoms with Gasteiger partial charge in [0.2, 0.25) is 0 Å². The summed E-state index contributed by atoms with van der Waals surface area (Å²) in [6.07, 6.45) is 59.2. The van der Waals surface area contributed by atoms with Crippen molar-refractivity contribution in [1.82, 2.24) is 0 Å². The maximum atomic E-state index is 13.6. The van der Waals surface area contributed by atoms with E-state index in [-0.39, 0.29) is 5.78 Å². The fourth-order valence-corrected chi connectivity index (χ4v) is 12.1. The van der Waals surface area contributed by atoms with Crippen molar-refractivity contribution in [3.05, 3.63) is 59.7 Å². The summed E-state index contributed by atoms with van der Waals surface area (Å²) in [4.78, 5) is 16.3. The molecule has 0 heterocycles. The summed E-state index contributed by atoms with van der Waals surface area (Å²) in [6.45, 7) is 9.24. The van der Waals surface area contributed by atoms with Gasteiger partial charge < -0.3 is 0 Å². The van der Waals surface area contributed by atoms with Crippen LogP contribution in [-0.4, -0.2) is 17.3 Å². The average molecular weight is 948 g/mol. The number of carbonyl (C=O) groups is 1. The summed E-state index contributed by atoms with van der Waals surface area (Å²) in [6, 6.07) is 17.2. The van der Waals surface area contributed by atoms with Crippen LogP contribution in [-0.2, 0) is 0 Å². The molecule has 0 bridgehead atoms. The number of carbonyl (C=O) groups excluding carboxylic acids is 1. The lowest BCUT2D eigenvalue weighted by molar-refractivity contribution is 0.103. The Balaban J connectivity index is 1.83. The zero-order valence-corrected chi connectivity index (χ0v) is 46.2. The number of unbranched alkanes of at least 4 members (excludes halogenated alkanes) is 34. The molecule has 0 saturated carbocycles. The van der Waals surface area contributed by atoms with Gasteiger partial charge in [0.25, 0.3) is 0 Å². The summed E-state index contributed by atoms with van der Waals surface area (Å²) >= 11 is 4.05. The van der Waals surface area contributed by atoms with Crippen molar-refractivity contribution in [3.63, 3.8) is 0 Å². The molecule has 2 aromatic rings. The monoisotopic (exact) mass is 947 g/mol. The standard InChI is InChI=1S/C63H110OS2/c1-5-9-13-17-21-25-29-33-37-41-45-57(43-39-35-31-27-23-19-15-11-7-3)55-65-61-51-47-59(48-52-61)63(64)60-49-53-62(54-50-60)66-56-58(44-40-36-32-28-24-20-16-12-8-4)46-42-38-34-30-26-22-18-14-10-6-2/h47-54,57-58H,5-46,55-56H2,1-4H3. The Morgan fingerprint density at radius 2 is 0.500 bits per heavy atom. The number of rotatable bonds is 50. The predicted octanol–water partition coefficient (Wildman–Crippen LogP) is 22.8. The van der Waals surface area contributed by atoms with Gasteiger partial charge in [0.05, 0.1) is 0 Å². The van der Waals surface area contributed by atoms with Gasteiger partial charge in [-0.1, -0.05) is 272 Å². The van der Waals surface area contributed by atoms with Crippen LogP contribution in [0.25, 0.3) is 0 Å². The van der Waals surface area contributed by atoms with E-state index in [0.717, 1.165) is 23.0 Å². The zero-order chi connectivity index (χ0) is 47.2. The minimum Gasteiger partial charge on any atom is -0.289 e. The highest BCUT2D eigenvalue weighted by atomic mass is 32.2. The number of hydrogen-bond donors (Lipinski definition) is 0. The van der Waals surface area contributed by atoms with Gasteiger partial charge in [0, 0.05) is 32.4 Å². The van der Waals surface area contributed by atoms with Crippen LogP contribution >= 0.6 is 23.5 Å². The largest absolute Gasteiger partial charge is 0.289 e.